The van der Waals surface area contributed by atoms with E-state index in [-0.39, 0.29) is 24.3 Å². The van der Waals surface area contributed by atoms with Crippen molar-refractivity contribution in [1.29, 1.82) is 0 Å². The summed E-state index contributed by atoms with van der Waals surface area (Å²) in [6.07, 6.45) is 0.623. The molecule has 0 atom stereocenters. The molecule has 35 heavy (non-hydrogen) atoms. The van der Waals surface area contributed by atoms with Gasteiger partial charge >= 0.3 is 5.97 Å². The molecule has 0 bridgehead atoms. The number of nitrogens with zero attached hydrogens (tertiary/aromatic N) is 5. The molecule has 0 spiro atoms. The predicted molar refractivity (Wildman–Crippen MR) is 135 cm³/mol. The van der Waals surface area contributed by atoms with Crippen LogP contribution in [0.5, 0.6) is 5.75 Å². The standard InChI is InChI=1S/C24H28ClN7O3/c1-4-20-22(23(26)29-24(27)28-20)17-7-10-19(25)21(13-17)30-31-32(11-12-35-15(2)33)14-16-5-8-18(34-3)9-6-16/h5-10,13H,4,11-12,14H2,1-3H3,(H4,26,27,28,29). The second-order valence-corrected chi connectivity index (χ2v) is 7.98. The van der Waals surface area contributed by atoms with Crippen molar-refractivity contribution >= 4 is 35.0 Å². The highest BCUT2D eigenvalue weighted by Crippen LogP contribution is 2.35. The summed E-state index contributed by atoms with van der Waals surface area (Å²) >= 11 is 6.41. The van der Waals surface area contributed by atoms with Crippen LogP contribution in [0.25, 0.3) is 11.1 Å². The van der Waals surface area contributed by atoms with E-state index in [1.807, 2.05) is 37.3 Å². The van der Waals surface area contributed by atoms with Gasteiger partial charge in [0.25, 0.3) is 0 Å². The maximum Gasteiger partial charge on any atom is 0.302 e. The number of ether oxygens (including phenoxy) is 2. The van der Waals surface area contributed by atoms with Gasteiger partial charge in [-0.05, 0) is 41.8 Å². The quantitative estimate of drug-likeness (QED) is 0.235. The van der Waals surface area contributed by atoms with E-state index in [2.05, 4.69) is 20.3 Å². The average molecular weight is 498 g/mol. The molecule has 11 heteroatoms. The van der Waals surface area contributed by atoms with E-state index in [1.54, 1.807) is 24.3 Å². The van der Waals surface area contributed by atoms with E-state index in [0.29, 0.717) is 35.8 Å². The lowest BCUT2D eigenvalue weighted by molar-refractivity contribution is -0.141. The van der Waals surface area contributed by atoms with Gasteiger partial charge in [0.15, 0.2) is 0 Å². The van der Waals surface area contributed by atoms with E-state index < -0.39 is 0 Å². The normalized spacial score (nSPS) is 11.0. The van der Waals surface area contributed by atoms with Crippen molar-refractivity contribution in [3.8, 4) is 16.9 Å². The van der Waals surface area contributed by atoms with Crippen LogP contribution >= 0.6 is 11.6 Å². The number of carbonyl (C=O) groups is 1. The summed E-state index contributed by atoms with van der Waals surface area (Å²) in [7, 11) is 1.61. The largest absolute Gasteiger partial charge is 0.497 e. The third kappa shape index (κ3) is 7.03. The van der Waals surface area contributed by atoms with Gasteiger partial charge in [0.2, 0.25) is 5.95 Å². The molecule has 0 unspecified atom stereocenters. The highest BCUT2D eigenvalue weighted by molar-refractivity contribution is 6.33. The summed E-state index contributed by atoms with van der Waals surface area (Å²) in [5.74, 6) is 0.793. The minimum Gasteiger partial charge on any atom is -0.497 e. The predicted octanol–water partition coefficient (Wildman–Crippen LogP) is 4.60. The van der Waals surface area contributed by atoms with Crippen LogP contribution in [-0.4, -0.2) is 41.2 Å². The van der Waals surface area contributed by atoms with Crippen LogP contribution < -0.4 is 16.2 Å². The summed E-state index contributed by atoms with van der Waals surface area (Å²) < 4.78 is 10.3. The number of hydrogen-bond acceptors (Lipinski definition) is 9. The summed E-state index contributed by atoms with van der Waals surface area (Å²) in [5, 5.41) is 10.8. The Balaban J connectivity index is 1.89. The average Bonchev–Trinajstić information content (AvgIpc) is 2.83. The van der Waals surface area contributed by atoms with E-state index >= 15 is 0 Å². The fourth-order valence-corrected chi connectivity index (χ4v) is 3.52. The smallest absolute Gasteiger partial charge is 0.302 e. The van der Waals surface area contributed by atoms with Crippen molar-refractivity contribution in [2.45, 2.75) is 26.8 Å². The third-order valence-corrected chi connectivity index (χ3v) is 5.38. The van der Waals surface area contributed by atoms with Crippen molar-refractivity contribution in [1.82, 2.24) is 15.0 Å². The molecule has 0 saturated carbocycles. The summed E-state index contributed by atoms with van der Waals surface area (Å²) in [6.45, 7) is 4.26. The van der Waals surface area contributed by atoms with E-state index in [0.717, 1.165) is 22.6 Å². The first-order valence-corrected chi connectivity index (χ1v) is 11.3. The monoisotopic (exact) mass is 497 g/mol. The molecule has 0 aliphatic carbocycles. The Hall–Kier alpha value is -3.92. The van der Waals surface area contributed by atoms with Crippen LogP contribution in [0, 0.1) is 0 Å². The number of hydrogen-bond donors (Lipinski definition) is 2. The van der Waals surface area contributed by atoms with Gasteiger partial charge in [-0.25, -0.2) is 4.98 Å². The van der Waals surface area contributed by atoms with Gasteiger partial charge in [-0.2, -0.15) is 4.98 Å². The van der Waals surface area contributed by atoms with Gasteiger partial charge in [-0.1, -0.05) is 41.9 Å². The molecule has 0 amide bonds. The second kappa shape index (κ2) is 12.0. The molecule has 10 nitrogen and oxygen atoms in total. The lowest BCUT2D eigenvalue weighted by Gasteiger charge is -2.18. The number of halogens is 1. The van der Waals surface area contributed by atoms with E-state index in [1.165, 1.54) is 6.92 Å². The fraction of sp³-hybridized carbons (Fsp3) is 0.292. The lowest BCUT2D eigenvalue weighted by atomic mass is 10.0. The Morgan fingerprint density at radius 2 is 1.89 bits per heavy atom. The maximum absolute atomic E-state index is 11.2. The molecule has 3 aromatic rings. The molecule has 0 fully saturated rings. The van der Waals surface area contributed by atoms with Crippen LogP contribution in [0.3, 0.4) is 0 Å². The molecule has 0 saturated heterocycles. The number of nitrogen functional groups attached to an aromatic ring is 2. The molecule has 1 heterocycles. The van der Waals surface area contributed by atoms with Crippen LogP contribution in [0.4, 0.5) is 17.5 Å². The number of aryl methyl sites for hydroxylation is 1. The van der Waals surface area contributed by atoms with Crippen molar-refractivity contribution in [2.24, 2.45) is 10.3 Å². The van der Waals surface area contributed by atoms with Crippen molar-refractivity contribution < 1.29 is 14.3 Å². The van der Waals surface area contributed by atoms with Crippen molar-refractivity contribution in [3.63, 3.8) is 0 Å². The van der Waals surface area contributed by atoms with E-state index in [9.17, 15) is 4.79 Å². The first kappa shape index (κ1) is 25.7. The first-order chi connectivity index (χ1) is 16.8. The van der Waals surface area contributed by atoms with Gasteiger partial charge in [0.1, 0.15) is 23.9 Å². The van der Waals surface area contributed by atoms with Gasteiger partial charge in [0, 0.05) is 12.5 Å². The fourth-order valence-electron chi connectivity index (χ4n) is 3.36. The highest BCUT2D eigenvalue weighted by Gasteiger charge is 2.14. The number of benzene rings is 2. The Morgan fingerprint density at radius 1 is 1.14 bits per heavy atom. The minimum atomic E-state index is -0.364. The van der Waals surface area contributed by atoms with Crippen LogP contribution in [0.2, 0.25) is 5.02 Å². The summed E-state index contributed by atoms with van der Waals surface area (Å²) in [6, 6.07) is 12.9. The molecule has 0 aliphatic rings. The number of aromatic nitrogens is 2. The van der Waals surface area contributed by atoms with E-state index in [4.69, 9.17) is 32.5 Å². The molecule has 1 aromatic heterocycles. The Labute approximate surface area is 208 Å². The lowest BCUT2D eigenvalue weighted by Crippen LogP contribution is -2.22. The van der Waals surface area contributed by atoms with Crippen LogP contribution in [0.1, 0.15) is 25.1 Å². The molecule has 2 aromatic carbocycles. The minimum absolute atomic E-state index is 0.124. The zero-order valence-electron chi connectivity index (χ0n) is 19.9. The number of rotatable bonds is 10. The number of anilines is 2. The summed E-state index contributed by atoms with van der Waals surface area (Å²) in [4.78, 5) is 19.6. The summed E-state index contributed by atoms with van der Waals surface area (Å²) in [5.41, 5.74) is 15.5. The molecule has 0 radical (unpaired) electrons. The molecule has 0 aliphatic heterocycles. The number of methoxy groups -OCH3 is 1. The molecule has 4 N–H and O–H groups in total. The second-order valence-electron chi connectivity index (χ2n) is 7.57. The van der Waals surface area contributed by atoms with Crippen LogP contribution in [-0.2, 0) is 22.5 Å². The maximum atomic E-state index is 11.2. The SMILES string of the molecule is CCc1nc(N)nc(N)c1-c1ccc(Cl)c(N=NN(CCOC(C)=O)Cc2ccc(OC)cc2)c1. The Bertz CT molecular complexity index is 1200. The van der Waals surface area contributed by atoms with Gasteiger partial charge in [-0.15, -0.1) is 5.11 Å². The zero-order valence-corrected chi connectivity index (χ0v) is 20.6. The Kier molecular flexibility index (Phi) is 8.80. The molecular weight excluding hydrogens is 470 g/mol. The van der Waals surface area contributed by atoms with Crippen LogP contribution in [0.15, 0.2) is 52.8 Å². The highest BCUT2D eigenvalue weighted by atomic mass is 35.5. The number of carbonyl (C=O) groups excluding carboxylic acids is 1. The van der Waals surface area contributed by atoms with Gasteiger partial charge < -0.3 is 20.9 Å². The van der Waals surface area contributed by atoms with Crippen molar-refractivity contribution in [2.75, 3.05) is 31.7 Å². The number of nitrogens with two attached hydrogens (primary N) is 2. The van der Waals surface area contributed by atoms with Gasteiger partial charge in [0.05, 0.1) is 30.9 Å². The van der Waals surface area contributed by atoms with Crippen molar-refractivity contribution in [3.05, 3.63) is 58.7 Å². The molecule has 3 rings (SSSR count). The third-order valence-electron chi connectivity index (χ3n) is 5.06. The molecule has 184 valence electrons. The first-order valence-electron chi connectivity index (χ1n) is 10.9. The Morgan fingerprint density at radius 3 is 2.54 bits per heavy atom. The topological polar surface area (TPSA) is 141 Å². The zero-order chi connectivity index (χ0) is 25.4. The number of esters is 1. The molecular formula is C24H28ClN7O3. The van der Waals surface area contributed by atoms with Gasteiger partial charge in [-0.3, -0.25) is 9.80 Å².